The average molecular weight is 544 g/mol. The molecule has 32 heavy (non-hydrogen) atoms. The Kier molecular flexibility index (Phi) is 5.90. The lowest BCUT2D eigenvalue weighted by molar-refractivity contribution is -0.138. The molecule has 0 saturated carbocycles. The van der Waals surface area contributed by atoms with Gasteiger partial charge in [0, 0.05) is 16.7 Å². The van der Waals surface area contributed by atoms with E-state index < -0.39 is 6.04 Å². The highest BCUT2D eigenvalue weighted by atomic mass is 127. The number of rotatable bonds is 2. The molecule has 0 aliphatic carbocycles. The zero-order valence-electron chi connectivity index (χ0n) is 17.6. The first-order chi connectivity index (χ1) is 15.5. The highest BCUT2D eigenvalue weighted by molar-refractivity contribution is 14.1. The number of amides is 3. The molecule has 0 bridgehead atoms. The van der Waals surface area contributed by atoms with Crippen molar-refractivity contribution in [2.24, 2.45) is 0 Å². The lowest BCUT2D eigenvalue weighted by Gasteiger charge is -2.41. The molecule has 2 atom stereocenters. The van der Waals surface area contributed by atoms with E-state index in [4.69, 9.17) is 0 Å². The Hall–Kier alpha value is -2.46. The molecule has 1 unspecified atom stereocenters. The maximum Gasteiger partial charge on any atom is 0.256 e. The quantitative estimate of drug-likeness (QED) is 0.570. The van der Waals surface area contributed by atoms with Gasteiger partial charge in [-0.05, 0) is 77.4 Å². The first-order valence-electron chi connectivity index (χ1n) is 11.1. The summed E-state index contributed by atoms with van der Waals surface area (Å²) in [5.74, 6) is -0.376. The van der Waals surface area contributed by atoms with Gasteiger partial charge in [0.05, 0.1) is 23.8 Å². The van der Waals surface area contributed by atoms with E-state index in [-0.39, 0.29) is 30.3 Å². The Morgan fingerprint density at radius 3 is 2.53 bits per heavy atom. The molecule has 2 N–H and O–H groups in total. The van der Waals surface area contributed by atoms with Gasteiger partial charge >= 0.3 is 0 Å². The first kappa shape index (κ1) is 21.4. The molecule has 5 rings (SSSR count). The molecule has 0 radical (unpaired) electrons. The van der Waals surface area contributed by atoms with Crippen molar-refractivity contribution in [1.82, 2.24) is 15.1 Å². The monoisotopic (exact) mass is 544 g/mol. The van der Waals surface area contributed by atoms with Crippen LogP contribution in [-0.4, -0.2) is 65.8 Å². The fraction of sp³-hybridized carbons (Fsp3) is 0.375. The Morgan fingerprint density at radius 2 is 1.78 bits per heavy atom. The van der Waals surface area contributed by atoms with Crippen molar-refractivity contribution in [3.8, 4) is 11.1 Å². The third-order valence-corrected chi connectivity index (χ3v) is 7.27. The summed E-state index contributed by atoms with van der Waals surface area (Å²) in [6, 6.07) is 12.8. The number of carbonyl (C=O) groups is 3. The van der Waals surface area contributed by atoms with Gasteiger partial charge in [0.1, 0.15) is 6.04 Å². The first-order valence-corrected chi connectivity index (χ1v) is 12.1. The molecule has 8 heteroatoms. The summed E-state index contributed by atoms with van der Waals surface area (Å²) < 4.78 is 1.14. The van der Waals surface area contributed by atoms with E-state index in [2.05, 4.69) is 33.2 Å². The number of benzene rings is 2. The minimum absolute atomic E-state index is 0.0346. The van der Waals surface area contributed by atoms with Gasteiger partial charge in [-0.25, -0.2) is 0 Å². The largest absolute Gasteiger partial charge is 0.337 e. The average Bonchev–Trinajstić information content (AvgIpc) is 2.93. The van der Waals surface area contributed by atoms with E-state index in [1.54, 1.807) is 15.9 Å². The van der Waals surface area contributed by atoms with Crippen molar-refractivity contribution >= 4 is 46.0 Å². The van der Waals surface area contributed by atoms with E-state index in [0.29, 0.717) is 24.3 Å². The van der Waals surface area contributed by atoms with Gasteiger partial charge in [-0.2, -0.15) is 0 Å². The fourth-order valence-electron chi connectivity index (χ4n) is 4.76. The lowest BCUT2D eigenvalue weighted by Crippen LogP contribution is -2.62. The molecule has 166 valence electrons. The molecule has 3 amide bonds. The summed E-state index contributed by atoms with van der Waals surface area (Å²) >= 11 is 2.26. The number of halogens is 1. The van der Waals surface area contributed by atoms with Crippen LogP contribution in [0.1, 0.15) is 29.6 Å². The molecule has 2 aromatic carbocycles. The fourth-order valence-corrected chi connectivity index (χ4v) is 5.12. The normalized spacial score (nSPS) is 23.2. The van der Waals surface area contributed by atoms with E-state index >= 15 is 0 Å². The molecule has 3 heterocycles. The Balaban J connectivity index is 1.39. The Labute approximate surface area is 200 Å². The Bertz CT molecular complexity index is 1070. The molecule has 0 spiro atoms. The van der Waals surface area contributed by atoms with Gasteiger partial charge in [-0.1, -0.05) is 24.6 Å². The van der Waals surface area contributed by atoms with Crippen LogP contribution >= 0.6 is 22.6 Å². The summed E-state index contributed by atoms with van der Waals surface area (Å²) in [4.78, 5) is 42.8. The van der Waals surface area contributed by atoms with Gasteiger partial charge in [-0.15, -0.1) is 0 Å². The van der Waals surface area contributed by atoms with Crippen LogP contribution in [0.15, 0.2) is 42.5 Å². The van der Waals surface area contributed by atoms with Crippen molar-refractivity contribution in [3.63, 3.8) is 0 Å². The number of hydrogen-bond donors (Lipinski definition) is 2. The smallest absolute Gasteiger partial charge is 0.256 e. The number of fused-ring (bicyclic) bond motifs is 2. The number of nitrogens with one attached hydrogen (secondary N) is 2. The zero-order chi connectivity index (χ0) is 22.2. The van der Waals surface area contributed by atoms with E-state index in [9.17, 15) is 14.4 Å². The third-order valence-electron chi connectivity index (χ3n) is 6.55. The number of piperazine rings is 1. The van der Waals surface area contributed by atoms with Crippen LogP contribution in [-0.2, 0) is 9.59 Å². The lowest BCUT2D eigenvalue weighted by atomic mass is 10.0. The van der Waals surface area contributed by atoms with Crippen molar-refractivity contribution in [1.29, 1.82) is 0 Å². The van der Waals surface area contributed by atoms with Crippen molar-refractivity contribution in [2.75, 3.05) is 31.5 Å². The molecule has 3 aliphatic heterocycles. The second-order valence-electron chi connectivity index (χ2n) is 8.56. The molecular weight excluding hydrogens is 519 g/mol. The summed E-state index contributed by atoms with van der Waals surface area (Å²) in [5.41, 5.74) is 2.96. The standard InChI is InChI=1S/C24H25IN4O3/c25-17-7-4-15(5-8-17)16-6-9-19-18(13-16)23(31)29-12-11-28(14-21(29)22(30)27-19)24(32)20-3-1-2-10-26-20/h4-9,13,20-21,26H,1-3,10-12,14H2,(H,27,30)/t20-,21?/m0/s1. The summed E-state index contributed by atoms with van der Waals surface area (Å²) in [5, 5.41) is 6.21. The molecule has 2 saturated heterocycles. The van der Waals surface area contributed by atoms with Gasteiger partial charge in [0.2, 0.25) is 11.8 Å². The molecule has 2 fully saturated rings. The zero-order valence-corrected chi connectivity index (χ0v) is 19.8. The topological polar surface area (TPSA) is 81.8 Å². The number of nitrogens with zero attached hydrogens (tertiary/aromatic N) is 2. The molecule has 3 aliphatic rings. The third kappa shape index (κ3) is 4.01. The predicted octanol–water partition coefficient (Wildman–Crippen LogP) is 2.71. The summed E-state index contributed by atoms with van der Waals surface area (Å²) in [7, 11) is 0. The number of hydrogen-bond acceptors (Lipinski definition) is 4. The number of piperidine rings is 1. The second-order valence-corrected chi connectivity index (χ2v) is 9.80. The summed E-state index contributed by atoms with van der Waals surface area (Å²) in [6.07, 6.45) is 2.94. The van der Waals surface area contributed by atoms with Gasteiger partial charge in [0.15, 0.2) is 0 Å². The van der Waals surface area contributed by atoms with Crippen LogP contribution < -0.4 is 10.6 Å². The van der Waals surface area contributed by atoms with Gasteiger partial charge < -0.3 is 20.4 Å². The van der Waals surface area contributed by atoms with Crippen molar-refractivity contribution in [3.05, 3.63) is 51.6 Å². The van der Waals surface area contributed by atoms with Crippen LogP contribution in [0.5, 0.6) is 0 Å². The van der Waals surface area contributed by atoms with Crippen LogP contribution in [0.2, 0.25) is 0 Å². The maximum absolute atomic E-state index is 13.4. The highest BCUT2D eigenvalue weighted by Crippen LogP contribution is 2.30. The van der Waals surface area contributed by atoms with Crippen LogP contribution in [0, 0.1) is 3.57 Å². The minimum atomic E-state index is -0.682. The summed E-state index contributed by atoms with van der Waals surface area (Å²) in [6.45, 7) is 1.87. The minimum Gasteiger partial charge on any atom is -0.337 e. The molecule has 0 aromatic heterocycles. The number of anilines is 1. The van der Waals surface area contributed by atoms with E-state index in [1.807, 2.05) is 36.4 Å². The molecule has 2 aromatic rings. The number of carbonyl (C=O) groups excluding carboxylic acids is 3. The molecular formula is C24H25IN4O3. The maximum atomic E-state index is 13.4. The van der Waals surface area contributed by atoms with Crippen molar-refractivity contribution < 1.29 is 14.4 Å². The predicted molar refractivity (Wildman–Crippen MR) is 130 cm³/mol. The van der Waals surface area contributed by atoms with E-state index in [1.165, 1.54) is 0 Å². The Morgan fingerprint density at radius 1 is 1.00 bits per heavy atom. The van der Waals surface area contributed by atoms with Crippen LogP contribution in [0.25, 0.3) is 11.1 Å². The van der Waals surface area contributed by atoms with Gasteiger partial charge in [0.25, 0.3) is 5.91 Å². The molecule has 7 nitrogen and oxygen atoms in total. The SMILES string of the molecule is O=C1Nc2ccc(-c3ccc(I)cc3)cc2C(=O)N2CCN(C(=O)[C@@H]3CCCCN3)CC12. The van der Waals surface area contributed by atoms with E-state index in [0.717, 1.165) is 40.5 Å². The van der Waals surface area contributed by atoms with Gasteiger partial charge in [-0.3, -0.25) is 14.4 Å². The van der Waals surface area contributed by atoms with Crippen molar-refractivity contribution in [2.45, 2.75) is 31.3 Å². The van der Waals surface area contributed by atoms with Crippen LogP contribution in [0.4, 0.5) is 5.69 Å². The van der Waals surface area contributed by atoms with Crippen LogP contribution in [0.3, 0.4) is 0 Å². The second kappa shape index (κ2) is 8.82. The highest BCUT2D eigenvalue weighted by Gasteiger charge is 2.41.